The molecule has 1 aromatic heterocycles. The van der Waals surface area contributed by atoms with Gasteiger partial charge in [-0.2, -0.15) is 0 Å². The number of carbonyl (C=O) groups excluding carboxylic acids is 2. The second-order valence-corrected chi connectivity index (χ2v) is 8.73. The summed E-state index contributed by atoms with van der Waals surface area (Å²) in [5.74, 6) is 2.01. The summed E-state index contributed by atoms with van der Waals surface area (Å²) < 4.78 is 2.29. The van der Waals surface area contributed by atoms with Gasteiger partial charge in [0.2, 0.25) is 11.8 Å². The third-order valence-electron chi connectivity index (χ3n) is 6.23. The zero-order chi connectivity index (χ0) is 20.6. The van der Waals surface area contributed by atoms with Gasteiger partial charge in [-0.3, -0.25) is 9.59 Å². The lowest BCUT2D eigenvalue weighted by Gasteiger charge is -2.32. The van der Waals surface area contributed by atoms with Crippen LogP contribution in [0.4, 0.5) is 0 Å². The lowest BCUT2D eigenvalue weighted by molar-refractivity contribution is -0.134. The molecule has 0 unspecified atom stereocenters. The van der Waals surface area contributed by atoms with Gasteiger partial charge in [0.05, 0.1) is 0 Å². The quantitative estimate of drug-likeness (QED) is 0.668. The van der Waals surface area contributed by atoms with Crippen molar-refractivity contribution in [3.63, 3.8) is 0 Å². The molecule has 0 N–H and O–H groups in total. The molecule has 3 rings (SSSR count). The Balaban J connectivity index is 1.44. The Hall–Kier alpha value is -1.89. The number of likely N-dealkylation sites (tertiary alicyclic amines) is 2. The van der Waals surface area contributed by atoms with Crippen LogP contribution < -0.4 is 0 Å². The van der Waals surface area contributed by atoms with E-state index in [9.17, 15) is 9.59 Å². The van der Waals surface area contributed by atoms with E-state index in [1.165, 1.54) is 5.82 Å². The number of hydrogen-bond acceptors (Lipinski definition) is 4. The van der Waals surface area contributed by atoms with Crippen LogP contribution >= 0.6 is 0 Å². The van der Waals surface area contributed by atoms with E-state index in [-0.39, 0.29) is 11.8 Å². The summed E-state index contributed by atoms with van der Waals surface area (Å²) in [4.78, 5) is 35.5. The maximum absolute atomic E-state index is 12.7. The van der Waals surface area contributed by atoms with E-state index < -0.39 is 0 Å². The van der Waals surface area contributed by atoms with Crippen LogP contribution in [0.5, 0.6) is 0 Å². The zero-order valence-electron chi connectivity index (χ0n) is 18.2. The fraction of sp³-hybridized carbons (Fsp3) is 0.773. The second kappa shape index (κ2) is 10.8. The molecule has 0 radical (unpaired) electrons. The Kier molecular flexibility index (Phi) is 8.09. The number of aryl methyl sites for hydroxylation is 1. The van der Waals surface area contributed by atoms with Gasteiger partial charge in [0.25, 0.3) is 0 Å². The van der Waals surface area contributed by atoms with Crippen molar-refractivity contribution in [2.45, 2.75) is 63.8 Å². The first kappa shape index (κ1) is 21.8. The summed E-state index contributed by atoms with van der Waals surface area (Å²) in [5, 5.41) is 0. The van der Waals surface area contributed by atoms with Gasteiger partial charge in [-0.1, -0.05) is 6.42 Å². The molecule has 0 saturated carbocycles. The van der Waals surface area contributed by atoms with Crippen molar-refractivity contribution in [3.8, 4) is 0 Å². The zero-order valence-corrected chi connectivity index (χ0v) is 18.2. The first-order chi connectivity index (χ1) is 14.0. The van der Waals surface area contributed by atoms with Crippen LogP contribution in [0.15, 0.2) is 12.4 Å². The van der Waals surface area contributed by atoms with Crippen molar-refractivity contribution in [3.05, 3.63) is 18.2 Å². The first-order valence-corrected chi connectivity index (χ1v) is 11.3. The van der Waals surface area contributed by atoms with Crippen LogP contribution in [0.2, 0.25) is 0 Å². The largest absolute Gasteiger partial charge is 0.343 e. The molecule has 0 spiro atoms. The van der Waals surface area contributed by atoms with E-state index in [4.69, 9.17) is 0 Å². The Bertz CT molecular complexity index is 664. The molecule has 0 atom stereocenters. The molecule has 7 heteroatoms. The van der Waals surface area contributed by atoms with Crippen molar-refractivity contribution in [2.24, 2.45) is 0 Å². The number of piperidine rings is 1. The average Bonchev–Trinajstić information content (AvgIpc) is 3.08. The monoisotopic (exact) mass is 403 g/mol. The highest BCUT2D eigenvalue weighted by Crippen LogP contribution is 2.27. The Morgan fingerprint density at radius 1 is 1.14 bits per heavy atom. The van der Waals surface area contributed by atoms with Gasteiger partial charge in [0.1, 0.15) is 5.82 Å². The number of aromatic nitrogens is 2. The van der Waals surface area contributed by atoms with Crippen LogP contribution in [-0.2, 0) is 16.1 Å². The molecule has 2 aliphatic heterocycles. The molecule has 0 bridgehead atoms. The summed E-state index contributed by atoms with van der Waals surface area (Å²) in [5.41, 5.74) is 0. The molecule has 2 aliphatic rings. The molecular weight excluding hydrogens is 366 g/mol. The minimum atomic E-state index is 0.190. The van der Waals surface area contributed by atoms with Gasteiger partial charge in [0.15, 0.2) is 0 Å². The van der Waals surface area contributed by atoms with Crippen LogP contribution in [0.3, 0.4) is 0 Å². The van der Waals surface area contributed by atoms with Crippen molar-refractivity contribution >= 4 is 11.8 Å². The van der Waals surface area contributed by atoms with Gasteiger partial charge in [-0.05, 0) is 52.7 Å². The number of hydrogen-bond donors (Lipinski definition) is 0. The molecule has 2 amide bonds. The van der Waals surface area contributed by atoms with Crippen LogP contribution in [0.1, 0.15) is 63.1 Å². The van der Waals surface area contributed by atoms with Gasteiger partial charge in [0, 0.05) is 63.9 Å². The van der Waals surface area contributed by atoms with Gasteiger partial charge >= 0.3 is 0 Å². The first-order valence-electron chi connectivity index (χ1n) is 11.3. The molecular formula is C22H37N5O2. The predicted molar refractivity (Wildman–Crippen MR) is 114 cm³/mol. The topological polar surface area (TPSA) is 61.7 Å². The Morgan fingerprint density at radius 3 is 2.69 bits per heavy atom. The molecule has 3 heterocycles. The summed E-state index contributed by atoms with van der Waals surface area (Å²) >= 11 is 0. The number of amides is 2. The number of rotatable bonds is 8. The minimum absolute atomic E-state index is 0.190. The highest BCUT2D eigenvalue weighted by atomic mass is 16.2. The molecule has 0 aromatic carbocycles. The lowest BCUT2D eigenvalue weighted by atomic mass is 9.95. The average molecular weight is 404 g/mol. The third kappa shape index (κ3) is 6.29. The van der Waals surface area contributed by atoms with Crippen molar-refractivity contribution in [1.29, 1.82) is 0 Å². The van der Waals surface area contributed by atoms with Crippen molar-refractivity contribution in [2.75, 3.05) is 46.8 Å². The summed E-state index contributed by atoms with van der Waals surface area (Å²) in [6.07, 6.45) is 11.3. The molecule has 7 nitrogen and oxygen atoms in total. The third-order valence-corrected chi connectivity index (χ3v) is 6.23. The van der Waals surface area contributed by atoms with Crippen molar-refractivity contribution < 1.29 is 9.59 Å². The Morgan fingerprint density at radius 2 is 1.93 bits per heavy atom. The molecule has 1 aromatic rings. The highest BCUT2D eigenvalue weighted by molar-refractivity contribution is 5.79. The van der Waals surface area contributed by atoms with E-state index in [1.54, 1.807) is 0 Å². The summed E-state index contributed by atoms with van der Waals surface area (Å²) in [6, 6.07) is 0. The molecule has 2 saturated heterocycles. The molecule has 29 heavy (non-hydrogen) atoms. The lowest BCUT2D eigenvalue weighted by Crippen LogP contribution is -2.40. The van der Waals surface area contributed by atoms with Crippen molar-refractivity contribution in [1.82, 2.24) is 24.3 Å². The maximum atomic E-state index is 12.7. The molecule has 2 fully saturated rings. The van der Waals surface area contributed by atoms with E-state index in [0.717, 1.165) is 71.2 Å². The number of imidazole rings is 1. The van der Waals surface area contributed by atoms with Crippen LogP contribution in [0.25, 0.3) is 0 Å². The van der Waals surface area contributed by atoms with Gasteiger partial charge in [-0.25, -0.2) is 4.98 Å². The SMILES string of the molecule is CN(C)CCCn1ccnc1C1CCN(C(=O)CCN2CCCCCC2=O)CC1. The highest BCUT2D eigenvalue weighted by Gasteiger charge is 2.27. The summed E-state index contributed by atoms with van der Waals surface area (Å²) in [7, 11) is 4.20. The smallest absolute Gasteiger partial charge is 0.224 e. The van der Waals surface area contributed by atoms with Crippen LogP contribution in [0, 0.1) is 0 Å². The predicted octanol–water partition coefficient (Wildman–Crippen LogP) is 2.33. The van der Waals surface area contributed by atoms with Gasteiger partial charge < -0.3 is 19.3 Å². The standard InChI is InChI=1S/C22H37N5O2/c1-24(2)12-6-14-27-18-11-23-22(27)19-8-15-26(16-9-19)21(29)10-17-25-13-5-3-4-7-20(25)28/h11,18-19H,3-10,12-17H2,1-2H3. The number of nitrogens with zero attached hydrogens (tertiary/aromatic N) is 5. The van der Waals surface area contributed by atoms with E-state index in [1.807, 2.05) is 16.0 Å². The molecule has 0 aliphatic carbocycles. The van der Waals surface area contributed by atoms with E-state index in [0.29, 0.717) is 25.3 Å². The Labute approximate surface area is 175 Å². The second-order valence-electron chi connectivity index (χ2n) is 8.73. The normalized spacial score (nSPS) is 19.1. The minimum Gasteiger partial charge on any atom is -0.343 e. The molecule has 162 valence electrons. The van der Waals surface area contributed by atoms with E-state index in [2.05, 4.69) is 34.7 Å². The van der Waals surface area contributed by atoms with Gasteiger partial charge in [-0.15, -0.1) is 0 Å². The van der Waals surface area contributed by atoms with E-state index >= 15 is 0 Å². The summed E-state index contributed by atoms with van der Waals surface area (Å²) in [6.45, 7) is 5.04. The maximum Gasteiger partial charge on any atom is 0.224 e. The fourth-order valence-corrected chi connectivity index (χ4v) is 4.48. The number of carbonyl (C=O) groups is 2. The fourth-order valence-electron chi connectivity index (χ4n) is 4.48. The van der Waals surface area contributed by atoms with Crippen LogP contribution in [-0.4, -0.2) is 82.9 Å².